The van der Waals surface area contributed by atoms with Crippen LogP contribution in [0.2, 0.25) is 0 Å². The Hall–Kier alpha value is -1.85. The van der Waals surface area contributed by atoms with Gasteiger partial charge in [-0.3, -0.25) is 4.79 Å². The van der Waals surface area contributed by atoms with Gasteiger partial charge in [0.2, 0.25) is 5.91 Å². The van der Waals surface area contributed by atoms with Gasteiger partial charge in [-0.2, -0.15) is 0 Å². The SMILES string of the molecule is CCCCC/C=C/CC/C=C/CC/C=C/C(O)C(COC1OC(CO)C(O)C(O)C1O)NC(=O)CCCCCCCCCCCCC/C=C\CCCCCCCCCC. The summed E-state index contributed by atoms with van der Waals surface area (Å²) >= 11 is 0. The smallest absolute Gasteiger partial charge is 0.220 e. The van der Waals surface area contributed by atoms with Gasteiger partial charge in [0.1, 0.15) is 24.4 Å². The molecule has 1 aliphatic heterocycles. The average Bonchev–Trinajstić information content (AvgIpc) is 3.23. The van der Waals surface area contributed by atoms with Crippen LogP contribution in [0, 0.1) is 0 Å². The highest BCUT2D eigenvalue weighted by Crippen LogP contribution is 2.22. The van der Waals surface area contributed by atoms with E-state index in [1.54, 1.807) is 6.08 Å². The second kappa shape index (κ2) is 40.2. The maximum absolute atomic E-state index is 13.0. The second-order valence-electron chi connectivity index (χ2n) is 16.9. The first-order valence-electron chi connectivity index (χ1n) is 24.4. The lowest BCUT2D eigenvalue weighted by Crippen LogP contribution is -2.60. The molecule has 1 aliphatic rings. The lowest BCUT2D eigenvalue weighted by atomic mass is 9.99. The zero-order valence-electron chi connectivity index (χ0n) is 37.7. The first-order chi connectivity index (χ1) is 28.8. The molecular formula is C50H91NO8. The van der Waals surface area contributed by atoms with Crippen LogP contribution in [0.5, 0.6) is 0 Å². The zero-order chi connectivity index (χ0) is 43.0. The van der Waals surface area contributed by atoms with Crippen molar-refractivity contribution in [1.82, 2.24) is 5.32 Å². The number of amides is 1. The number of carbonyl (C=O) groups excluding carboxylic acids is 1. The third-order valence-corrected chi connectivity index (χ3v) is 11.4. The number of hydrogen-bond acceptors (Lipinski definition) is 8. The van der Waals surface area contributed by atoms with Gasteiger partial charge in [0.05, 0.1) is 25.4 Å². The van der Waals surface area contributed by atoms with Crippen LogP contribution in [0.4, 0.5) is 0 Å². The lowest BCUT2D eigenvalue weighted by molar-refractivity contribution is -0.302. The highest BCUT2D eigenvalue weighted by Gasteiger charge is 2.44. The first kappa shape index (κ1) is 55.2. The van der Waals surface area contributed by atoms with E-state index >= 15 is 0 Å². The van der Waals surface area contributed by atoms with Crippen LogP contribution in [-0.2, 0) is 14.3 Å². The highest BCUT2D eigenvalue weighted by molar-refractivity contribution is 5.76. The van der Waals surface area contributed by atoms with Gasteiger partial charge in [0.25, 0.3) is 0 Å². The molecular weight excluding hydrogens is 743 g/mol. The van der Waals surface area contributed by atoms with E-state index in [-0.39, 0.29) is 12.5 Å². The minimum Gasteiger partial charge on any atom is -0.394 e. The van der Waals surface area contributed by atoms with Crippen molar-refractivity contribution in [1.29, 1.82) is 0 Å². The monoisotopic (exact) mass is 834 g/mol. The van der Waals surface area contributed by atoms with Gasteiger partial charge in [-0.25, -0.2) is 0 Å². The third kappa shape index (κ3) is 30.8. The largest absolute Gasteiger partial charge is 0.394 e. The summed E-state index contributed by atoms with van der Waals surface area (Å²) in [6.07, 6.45) is 44.5. The molecule has 6 N–H and O–H groups in total. The summed E-state index contributed by atoms with van der Waals surface area (Å²) < 4.78 is 11.2. The van der Waals surface area contributed by atoms with Crippen LogP contribution in [0.25, 0.3) is 0 Å². The van der Waals surface area contributed by atoms with Crippen molar-refractivity contribution in [2.75, 3.05) is 13.2 Å². The number of allylic oxidation sites excluding steroid dienone is 7. The number of aliphatic hydroxyl groups is 5. The van der Waals surface area contributed by atoms with E-state index in [9.17, 15) is 30.3 Å². The molecule has 0 aliphatic carbocycles. The summed E-state index contributed by atoms with van der Waals surface area (Å²) in [6.45, 7) is 3.71. The molecule has 1 heterocycles. The topological polar surface area (TPSA) is 149 Å². The molecule has 9 heteroatoms. The first-order valence-corrected chi connectivity index (χ1v) is 24.4. The van der Waals surface area contributed by atoms with Crippen LogP contribution in [-0.4, -0.2) is 87.5 Å². The second-order valence-corrected chi connectivity index (χ2v) is 16.9. The Morgan fingerprint density at radius 1 is 0.559 bits per heavy atom. The van der Waals surface area contributed by atoms with Crippen molar-refractivity contribution >= 4 is 5.91 Å². The highest BCUT2D eigenvalue weighted by atomic mass is 16.7. The van der Waals surface area contributed by atoms with Crippen molar-refractivity contribution in [2.24, 2.45) is 0 Å². The molecule has 1 fully saturated rings. The van der Waals surface area contributed by atoms with Crippen molar-refractivity contribution in [3.8, 4) is 0 Å². The molecule has 9 nitrogen and oxygen atoms in total. The molecule has 0 bridgehead atoms. The molecule has 1 saturated heterocycles. The van der Waals surface area contributed by atoms with E-state index < -0.39 is 49.5 Å². The molecule has 7 unspecified atom stereocenters. The van der Waals surface area contributed by atoms with Crippen LogP contribution in [0.1, 0.15) is 206 Å². The molecule has 1 amide bonds. The number of aliphatic hydroxyl groups excluding tert-OH is 5. The molecule has 0 spiro atoms. The fraction of sp³-hybridized carbons (Fsp3) is 0.820. The van der Waals surface area contributed by atoms with Gasteiger partial charge in [0.15, 0.2) is 6.29 Å². The van der Waals surface area contributed by atoms with Crippen LogP contribution in [0.15, 0.2) is 48.6 Å². The molecule has 1 rings (SSSR count). The molecule has 0 radical (unpaired) electrons. The van der Waals surface area contributed by atoms with Gasteiger partial charge in [-0.05, 0) is 70.6 Å². The van der Waals surface area contributed by atoms with Crippen molar-refractivity contribution in [3.63, 3.8) is 0 Å². The number of nitrogens with one attached hydrogen (secondary N) is 1. The van der Waals surface area contributed by atoms with Crippen LogP contribution in [0.3, 0.4) is 0 Å². The average molecular weight is 834 g/mol. The molecule has 344 valence electrons. The molecule has 0 aromatic heterocycles. The molecule has 7 atom stereocenters. The normalized spacial score (nSPS) is 21.1. The number of hydrogen-bond donors (Lipinski definition) is 6. The van der Waals surface area contributed by atoms with E-state index in [0.717, 1.165) is 51.4 Å². The van der Waals surface area contributed by atoms with Gasteiger partial charge in [0, 0.05) is 6.42 Å². The van der Waals surface area contributed by atoms with Gasteiger partial charge >= 0.3 is 0 Å². The quantitative estimate of drug-likeness (QED) is 0.0264. The molecule has 0 saturated carbocycles. The summed E-state index contributed by atoms with van der Waals surface area (Å²) in [7, 11) is 0. The Kier molecular flexibility index (Phi) is 37.6. The van der Waals surface area contributed by atoms with E-state index in [2.05, 4.69) is 55.6 Å². The summed E-state index contributed by atoms with van der Waals surface area (Å²) in [5.41, 5.74) is 0. The lowest BCUT2D eigenvalue weighted by Gasteiger charge is -2.40. The molecule has 59 heavy (non-hydrogen) atoms. The standard InChI is InChI=1S/C50H91NO8/c1-3-5-7-9-11-13-15-17-18-19-20-21-22-23-24-25-26-28-30-32-34-36-38-40-46(54)51-43(42-58-50-49(57)48(56)47(55)45(41-52)59-50)44(53)39-37-35-33-31-29-27-16-14-12-10-8-6-4-2/h12,14,19-20,29,31,37,39,43-45,47-50,52-53,55-57H,3-11,13,15-18,21-28,30,32-36,38,40-42H2,1-2H3,(H,51,54)/b14-12+,20-19-,31-29+,39-37+. The fourth-order valence-electron chi connectivity index (χ4n) is 7.42. The molecule has 0 aromatic carbocycles. The van der Waals surface area contributed by atoms with Crippen LogP contribution < -0.4 is 5.32 Å². The van der Waals surface area contributed by atoms with E-state index in [4.69, 9.17) is 9.47 Å². The molecule has 0 aromatic rings. The minimum atomic E-state index is -1.57. The Bertz CT molecular complexity index is 1060. The Balaban J connectivity index is 2.29. The zero-order valence-corrected chi connectivity index (χ0v) is 37.7. The summed E-state index contributed by atoms with van der Waals surface area (Å²) in [4.78, 5) is 13.0. The Labute approximate surface area is 361 Å². The van der Waals surface area contributed by atoms with Gasteiger partial charge in [-0.15, -0.1) is 0 Å². The van der Waals surface area contributed by atoms with Crippen molar-refractivity contribution in [3.05, 3.63) is 48.6 Å². The van der Waals surface area contributed by atoms with Crippen molar-refractivity contribution < 1.29 is 39.8 Å². The van der Waals surface area contributed by atoms with Gasteiger partial charge < -0.3 is 40.3 Å². The maximum Gasteiger partial charge on any atom is 0.220 e. The van der Waals surface area contributed by atoms with Gasteiger partial charge in [-0.1, -0.05) is 178 Å². The predicted octanol–water partition coefficient (Wildman–Crippen LogP) is 10.6. The summed E-state index contributed by atoms with van der Waals surface area (Å²) in [6, 6.07) is -0.827. The number of ether oxygens (including phenoxy) is 2. The Morgan fingerprint density at radius 3 is 1.46 bits per heavy atom. The number of unbranched alkanes of at least 4 members (excludes halogenated alkanes) is 24. The Morgan fingerprint density at radius 2 is 0.966 bits per heavy atom. The van der Waals surface area contributed by atoms with E-state index in [1.165, 1.54) is 135 Å². The minimum absolute atomic E-state index is 0.193. The summed E-state index contributed by atoms with van der Waals surface area (Å²) in [5.74, 6) is -0.193. The van der Waals surface area contributed by atoms with Crippen molar-refractivity contribution in [2.45, 2.75) is 249 Å². The third-order valence-electron chi connectivity index (χ3n) is 11.4. The maximum atomic E-state index is 13.0. The fourth-order valence-corrected chi connectivity index (χ4v) is 7.42. The van der Waals surface area contributed by atoms with Crippen LogP contribution >= 0.6 is 0 Å². The predicted molar refractivity (Wildman–Crippen MR) is 244 cm³/mol. The van der Waals surface area contributed by atoms with E-state index in [0.29, 0.717) is 6.42 Å². The number of carbonyl (C=O) groups is 1. The summed E-state index contributed by atoms with van der Waals surface area (Å²) in [5, 5.41) is 54.2. The number of rotatable bonds is 40. The van der Waals surface area contributed by atoms with E-state index in [1.807, 2.05) is 6.08 Å².